The van der Waals surface area contributed by atoms with Crippen LogP contribution in [-0.4, -0.2) is 20.3 Å². The Morgan fingerprint density at radius 2 is 1.94 bits per heavy atom. The van der Waals surface area contributed by atoms with E-state index < -0.39 is 0 Å². The van der Waals surface area contributed by atoms with Crippen molar-refractivity contribution in [3.05, 3.63) is 36.4 Å². The van der Waals surface area contributed by atoms with Gasteiger partial charge in [0, 0.05) is 11.9 Å². The minimum Gasteiger partial charge on any atom is -0.493 e. The SMILES string of the molecule is COc1ccc2ccccc2c1OCCN. The fraction of sp³-hybridized carbons (Fsp3) is 0.231. The molecule has 3 heteroatoms. The van der Waals surface area contributed by atoms with E-state index >= 15 is 0 Å². The minimum absolute atomic E-state index is 0.490. The van der Waals surface area contributed by atoms with Crippen molar-refractivity contribution in [2.75, 3.05) is 20.3 Å². The van der Waals surface area contributed by atoms with Crippen LogP contribution in [0.15, 0.2) is 36.4 Å². The molecule has 0 atom stereocenters. The van der Waals surface area contributed by atoms with Crippen molar-refractivity contribution in [2.24, 2.45) is 5.73 Å². The molecule has 0 saturated heterocycles. The van der Waals surface area contributed by atoms with Crippen LogP contribution < -0.4 is 15.2 Å². The molecule has 0 aromatic heterocycles. The maximum atomic E-state index is 5.64. The predicted molar refractivity (Wildman–Crippen MR) is 65.0 cm³/mol. The first-order valence-electron chi connectivity index (χ1n) is 5.25. The van der Waals surface area contributed by atoms with E-state index in [0.29, 0.717) is 13.2 Å². The highest BCUT2D eigenvalue weighted by Crippen LogP contribution is 2.35. The lowest BCUT2D eigenvalue weighted by molar-refractivity contribution is 0.306. The van der Waals surface area contributed by atoms with Crippen molar-refractivity contribution in [1.29, 1.82) is 0 Å². The van der Waals surface area contributed by atoms with Gasteiger partial charge in [0.25, 0.3) is 0 Å². The lowest BCUT2D eigenvalue weighted by Gasteiger charge is -2.12. The molecule has 16 heavy (non-hydrogen) atoms. The molecule has 3 nitrogen and oxygen atoms in total. The second kappa shape index (κ2) is 4.86. The van der Waals surface area contributed by atoms with Gasteiger partial charge in [-0.1, -0.05) is 30.3 Å². The second-order valence-electron chi connectivity index (χ2n) is 3.46. The normalized spacial score (nSPS) is 10.4. The van der Waals surface area contributed by atoms with Crippen molar-refractivity contribution >= 4 is 10.8 Å². The number of rotatable bonds is 4. The van der Waals surface area contributed by atoms with Crippen molar-refractivity contribution < 1.29 is 9.47 Å². The third-order valence-corrected chi connectivity index (χ3v) is 2.43. The first-order chi connectivity index (χ1) is 7.86. The minimum atomic E-state index is 0.490. The number of ether oxygens (including phenoxy) is 2. The van der Waals surface area contributed by atoms with E-state index in [1.807, 2.05) is 36.4 Å². The summed E-state index contributed by atoms with van der Waals surface area (Å²) in [5, 5.41) is 2.19. The van der Waals surface area contributed by atoms with E-state index in [1.165, 1.54) is 0 Å². The van der Waals surface area contributed by atoms with Crippen LogP contribution in [0.3, 0.4) is 0 Å². The van der Waals surface area contributed by atoms with Gasteiger partial charge in [-0.2, -0.15) is 0 Å². The fourth-order valence-electron chi connectivity index (χ4n) is 1.69. The summed E-state index contributed by atoms with van der Waals surface area (Å²) in [6.07, 6.45) is 0. The summed E-state index contributed by atoms with van der Waals surface area (Å²) >= 11 is 0. The maximum Gasteiger partial charge on any atom is 0.169 e. The first-order valence-corrected chi connectivity index (χ1v) is 5.25. The third kappa shape index (κ3) is 1.95. The lowest BCUT2D eigenvalue weighted by atomic mass is 10.1. The Bertz CT molecular complexity index is 482. The van der Waals surface area contributed by atoms with Crippen LogP contribution in [0, 0.1) is 0 Å². The largest absolute Gasteiger partial charge is 0.493 e. The molecule has 0 aliphatic carbocycles. The van der Waals surface area contributed by atoms with Gasteiger partial charge in [-0.15, -0.1) is 0 Å². The fourth-order valence-corrected chi connectivity index (χ4v) is 1.69. The Morgan fingerprint density at radius 1 is 1.12 bits per heavy atom. The molecular formula is C13H15NO2. The molecule has 0 saturated carbocycles. The Hall–Kier alpha value is -1.74. The molecule has 2 aromatic carbocycles. The van der Waals surface area contributed by atoms with Crippen LogP contribution >= 0.6 is 0 Å². The van der Waals surface area contributed by atoms with Crippen molar-refractivity contribution in [3.8, 4) is 11.5 Å². The van der Waals surface area contributed by atoms with Gasteiger partial charge in [0.1, 0.15) is 6.61 Å². The summed E-state index contributed by atoms with van der Waals surface area (Å²) in [5.74, 6) is 1.51. The zero-order chi connectivity index (χ0) is 11.4. The molecule has 2 N–H and O–H groups in total. The summed E-state index contributed by atoms with van der Waals surface area (Å²) in [4.78, 5) is 0. The molecule has 2 aromatic rings. The summed E-state index contributed by atoms with van der Waals surface area (Å²) in [6.45, 7) is 0.983. The number of fused-ring (bicyclic) bond motifs is 1. The van der Waals surface area contributed by atoms with Crippen LogP contribution in [0.25, 0.3) is 10.8 Å². The van der Waals surface area contributed by atoms with E-state index in [9.17, 15) is 0 Å². The highest BCUT2D eigenvalue weighted by atomic mass is 16.5. The molecule has 0 fully saturated rings. The van der Waals surface area contributed by atoms with E-state index in [2.05, 4.69) is 0 Å². The summed E-state index contributed by atoms with van der Waals surface area (Å²) < 4.78 is 10.9. The molecule has 0 radical (unpaired) electrons. The van der Waals surface area contributed by atoms with E-state index in [4.69, 9.17) is 15.2 Å². The molecule has 0 amide bonds. The number of nitrogens with two attached hydrogens (primary N) is 1. The number of methoxy groups -OCH3 is 1. The molecule has 0 aliphatic heterocycles. The van der Waals surface area contributed by atoms with Crippen molar-refractivity contribution in [1.82, 2.24) is 0 Å². The van der Waals surface area contributed by atoms with Gasteiger partial charge in [0.05, 0.1) is 7.11 Å². The summed E-state index contributed by atoms with van der Waals surface area (Å²) in [5.41, 5.74) is 5.45. The molecule has 2 rings (SSSR count). The average Bonchev–Trinajstić information content (AvgIpc) is 2.35. The Morgan fingerprint density at radius 3 is 2.69 bits per heavy atom. The van der Waals surface area contributed by atoms with Gasteiger partial charge >= 0.3 is 0 Å². The van der Waals surface area contributed by atoms with Crippen molar-refractivity contribution in [2.45, 2.75) is 0 Å². The summed E-state index contributed by atoms with van der Waals surface area (Å²) in [7, 11) is 1.64. The van der Waals surface area contributed by atoms with Gasteiger partial charge in [-0.25, -0.2) is 0 Å². The summed E-state index contributed by atoms with van der Waals surface area (Å²) in [6, 6.07) is 12.0. The van der Waals surface area contributed by atoms with Crippen LogP contribution in [-0.2, 0) is 0 Å². The van der Waals surface area contributed by atoms with Crippen LogP contribution in [0.2, 0.25) is 0 Å². The maximum absolute atomic E-state index is 5.64. The molecule has 0 heterocycles. The topological polar surface area (TPSA) is 44.5 Å². The molecule has 84 valence electrons. The first kappa shape index (κ1) is 10.8. The van der Waals surface area contributed by atoms with E-state index in [-0.39, 0.29) is 0 Å². The predicted octanol–water partition coefficient (Wildman–Crippen LogP) is 2.19. The van der Waals surface area contributed by atoms with Gasteiger partial charge in [-0.05, 0) is 11.5 Å². The van der Waals surface area contributed by atoms with Crippen LogP contribution in [0.1, 0.15) is 0 Å². The third-order valence-electron chi connectivity index (χ3n) is 2.43. The van der Waals surface area contributed by atoms with Gasteiger partial charge in [-0.3, -0.25) is 0 Å². The average molecular weight is 217 g/mol. The van der Waals surface area contributed by atoms with Gasteiger partial charge in [0.2, 0.25) is 0 Å². The Balaban J connectivity index is 2.54. The number of benzene rings is 2. The quantitative estimate of drug-likeness (QED) is 0.853. The molecule has 0 aliphatic rings. The van der Waals surface area contributed by atoms with Gasteiger partial charge in [0.15, 0.2) is 11.5 Å². The molecule has 0 unspecified atom stereocenters. The van der Waals surface area contributed by atoms with Gasteiger partial charge < -0.3 is 15.2 Å². The zero-order valence-electron chi connectivity index (χ0n) is 9.27. The highest BCUT2D eigenvalue weighted by Gasteiger charge is 2.08. The monoisotopic (exact) mass is 217 g/mol. The number of hydrogen-bond donors (Lipinski definition) is 1. The molecular weight excluding hydrogens is 202 g/mol. The van der Waals surface area contributed by atoms with Crippen molar-refractivity contribution in [3.63, 3.8) is 0 Å². The standard InChI is InChI=1S/C13H15NO2/c1-15-12-7-6-10-4-2-3-5-11(10)13(12)16-9-8-14/h2-7H,8-9,14H2,1H3. The highest BCUT2D eigenvalue weighted by molar-refractivity contribution is 5.90. The lowest BCUT2D eigenvalue weighted by Crippen LogP contribution is -2.11. The van der Waals surface area contributed by atoms with Crippen LogP contribution in [0.5, 0.6) is 11.5 Å². The zero-order valence-corrected chi connectivity index (χ0v) is 9.27. The Kier molecular flexibility index (Phi) is 3.27. The second-order valence-corrected chi connectivity index (χ2v) is 3.46. The molecule has 0 spiro atoms. The Labute approximate surface area is 94.8 Å². The smallest absolute Gasteiger partial charge is 0.169 e. The number of hydrogen-bond acceptors (Lipinski definition) is 3. The van der Waals surface area contributed by atoms with E-state index in [0.717, 1.165) is 22.3 Å². The van der Waals surface area contributed by atoms with Crippen LogP contribution in [0.4, 0.5) is 0 Å². The molecule has 0 bridgehead atoms. The van der Waals surface area contributed by atoms with E-state index in [1.54, 1.807) is 7.11 Å².